The molecule has 1 atom stereocenters. The molecule has 3 heterocycles. The number of pyridine rings is 1. The van der Waals surface area contributed by atoms with Crippen LogP contribution in [-0.2, 0) is 0 Å². The standard InChI is InChI=1S/C11H15N5/c1-16-4-2-3-8(16)11-10-7(13-6-14-10)5-9(12)15-11/h5-6,8H,2-4H2,1H3,(H2,12,15)(H,13,14). The van der Waals surface area contributed by atoms with Gasteiger partial charge in [-0.25, -0.2) is 9.97 Å². The van der Waals surface area contributed by atoms with Crippen LogP contribution in [0, 0.1) is 0 Å². The first-order chi connectivity index (χ1) is 7.75. The fourth-order valence-corrected chi connectivity index (χ4v) is 2.48. The monoisotopic (exact) mass is 217 g/mol. The lowest BCUT2D eigenvalue weighted by molar-refractivity contribution is 0.314. The molecule has 0 aliphatic carbocycles. The number of nitrogens with two attached hydrogens (primary N) is 1. The molecule has 1 saturated heterocycles. The van der Waals surface area contributed by atoms with Gasteiger partial charge in [0.2, 0.25) is 0 Å². The fourth-order valence-electron chi connectivity index (χ4n) is 2.48. The molecule has 3 N–H and O–H groups in total. The van der Waals surface area contributed by atoms with E-state index in [-0.39, 0.29) is 0 Å². The van der Waals surface area contributed by atoms with E-state index in [0.717, 1.165) is 29.7 Å². The molecule has 5 heteroatoms. The average Bonchev–Trinajstić information content (AvgIpc) is 2.84. The van der Waals surface area contributed by atoms with Crippen molar-refractivity contribution in [3.05, 3.63) is 18.1 Å². The van der Waals surface area contributed by atoms with Crippen molar-refractivity contribution < 1.29 is 0 Å². The summed E-state index contributed by atoms with van der Waals surface area (Å²) >= 11 is 0. The number of nitrogens with one attached hydrogen (secondary N) is 1. The Labute approximate surface area is 93.7 Å². The van der Waals surface area contributed by atoms with Gasteiger partial charge >= 0.3 is 0 Å². The normalized spacial score (nSPS) is 21.9. The Balaban J connectivity index is 2.17. The summed E-state index contributed by atoms with van der Waals surface area (Å²) in [6, 6.07) is 2.19. The van der Waals surface area contributed by atoms with Crippen LogP contribution in [0.25, 0.3) is 11.0 Å². The molecule has 5 nitrogen and oxygen atoms in total. The third kappa shape index (κ3) is 1.36. The zero-order valence-corrected chi connectivity index (χ0v) is 9.27. The molecule has 1 fully saturated rings. The van der Waals surface area contributed by atoms with Gasteiger partial charge in [-0.1, -0.05) is 0 Å². The van der Waals surface area contributed by atoms with Crippen LogP contribution in [0.3, 0.4) is 0 Å². The highest BCUT2D eigenvalue weighted by atomic mass is 15.2. The molecule has 0 bridgehead atoms. The Bertz CT molecular complexity index is 518. The van der Waals surface area contributed by atoms with Gasteiger partial charge in [-0.2, -0.15) is 0 Å². The zero-order chi connectivity index (χ0) is 11.1. The lowest BCUT2D eigenvalue weighted by Crippen LogP contribution is -2.19. The molecule has 1 aliphatic heterocycles. The smallest absolute Gasteiger partial charge is 0.125 e. The van der Waals surface area contributed by atoms with E-state index in [1.54, 1.807) is 6.33 Å². The number of likely N-dealkylation sites (tertiary alicyclic amines) is 1. The van der Waals surface area contributed by atoms with E-state index in [1.165, 1.54) is 6.42 Å². The van der Waals surface area contributed by atoms with Gasteiger partial charge in [0, 0.05) is 6.07 Å². The third-order valence-corrected chi connectivity index (χ3v) is 3.29. The summed E-state index contributed by atoms with van der Waals surface area (Å²) in [4.78, 5) is 14.2. The predicted molar refractivity (Wildman–Crippen MR) is 62.9 cm³/mol. The molecule has 3 rings (SSSR count). The fraction of sp³-hybridized carbons (Fsp3) is 0.455. The van der Waals surface area contributed by atoms with Crippen LogP contribution in [0.4, 0.5) is 5.82 Å². The molecule has 84 valence electrons. The van der Waals surface area contributed by atoms with E-state index in [0.29, 0.717) is 11.9 Å². The highest BCUT2D eigenvalue weighted by molar-refractivity contribution is 5.79. The van der Waals surface area contributed by atoms with Gasteiger partial charge in [0.15, 0.2) is 0 Å². The van der Waals surface area contributed by atoms with Crippen LogP contribution < -0.4 is 5.73 Å². The largest absolute Gasteiger partial charge is 0.384 e. The Morgan fingerprint density at radius 3 is 3.19 bits per heavy atom. The Morgan fingerprint density at radius 1 is 1.56 bits per heavy atom. The maximum Gasteiger partial charge on any atom is 0.125 e. The first kappa shape index (κ1) is 9.59. The van der Waals surface area contributed by atoms with Crippen LogP contribution in [0.15, 0.2) is 12.4 Å². The predicted octanol–water partition coefficient (Wildman–Crippen LogP) is 1.31. The minimum Gasteiger partial charge on any atom is -0.384 e. The second-order valence-corrected chi connectivity index (χ2v) is 4.37. The molecule has 0 amide bonds. The summed E-state index contributed by atoms with van der Waals surface area (Å²) in [5.74, 6) is 0.562. The van der Waals surface area contributed by atoms with Crippen molar-refractivity contribution in [2.45, 2.75) is 18.9 Å². The molecular weight excluding hydrogens is 202 g/mol. The second-order valence-electron chi connectivity index (χ2n) is 4.37. The Kier molecular flexibility index (Phi) is 2.07. The number of aromatic nitrogens is 3. The van der Waals surface area contributed by atoms with E-state index >= 15 is 0 Å². The zero-order valence-electron chi connectivity index (χ0n) is 9.27. The van der Waals surface area contributed by atoms with Crippen LogP contribution in [0.5, 0.6) is 0 Å². The molecule has 2 aromatic rings. The molecule has 0 radical (unpaired) electrons. The number of nitrogens with zero attached hydrogens (tertiary/aromatic N) is 3. The van der Waals surface area contributed by atoms with Crippen LogP contribution in [0.1, 0.15) is 24.6 Å². The number of imidazole rings is 1. The van der Waals surface area contributed by atoms with Gasteiger partial charge < -0.3 is 10.7 Å². The molecular formula is C11H15N5. The van der Waals surface area contributed by atoms with Gasteiger partial charge in [-0.3, -0.25) is 4.90 Å². The molecule has 1 aliphatic rings. The molecule has 0 aromatic carbocycles. The molecule has 16 heavy (non-hydrogen) atoms. The van der Waals surface area contributed by atoms with Crippen molar-refractivity contribution in [2.24, 2.45) is 0 Å². The topological polar surface area (TPSA) is 70.8 Å². The second kappa shape index (κ2) is 3.45. The van der Waals surface area contributed by atoms with Crippen LogP contribution in [0.2, 0.25) is 0 Å². The molecule has 0 spiro atoms. The minimum absolute atomic E-state index is 0.356. The van der Waals surface area contributed by atoms with Gasteiger partial charge in [-0.05, 0) is 26.4 Å². The van der Waals surface area contributed by atoms with Crippen molar-refractivity contribution in [2.75, 3.05) is 19.3 Å². The number of nitrogen functional groups attached to an aromatic ring is 1. The number of rotatable bonds is 1. The first-order valence-electron chi connectivity index (χ1n) is 5.55. The molecule has 1 unspecified atom stereocenters. The average molecular weight is 217 g/mol. The van der Waals surface area contributed by atoms with Crippen LogP contribution in [-0.4, -0.2) is 33.4 Å². The minimum atomic E-state index is 0.356. The summed E-state index contributed by atoms with van der Waals surface area (Å²) in [7, 11) is 2.13. The summed E-state index contributed by atoms with van der Waals surface area (Å²) in [6.07, 6.45) is 4.04. The van der Waals surface area contributed by atoms with Crippen LogP contribution >= 0.6 is 0 Å². The lowest BCUT2D eigenvalue weighted by Gasteiger charge is -2.19. The van der Waals surface area contributed by atoms with Crippen molar-refractivity contribution in [3.8, 4) is 0 Å². The Morgan fingerprint density at radius 2 is 2.44 bits per heavy atom. The SMILES string of the molecule is CN1CCCC1c1nc(N)cc2[nH]cnc12. The lowest BCUT2D eigenvalue weighted by atomic mass is 10.1. The van der Waals surface area contributed by atoms with Crippen molar-refractivity contribution in [1.82, 2.24) is 19.9 Å². The van der Waals surface area contributed by atoms with E-state index in [4.69, 9.17) is 5.73 Å². The molecule has 2 aromatic heterocycles. The van der Waals surface area contributed by atoms with Gasteiger partial charge in [-0.15, -0.1) is 0 Å². The number of aromatic amines is 1. The maximum absolute atomic E-state index is 5.82. The van der Waals surface area contributed by atoms with E-state index in [2.05, 4.69) is 26.9 Å². The van der Waals surface area contributed by atoms with Gasteiger partial charge in [0.1, 0.15) is 11.3 Å². The summed E-state index contributed by atoms with van der Waals surface area (Å²) in [5.41, 5.74) is 8.76. The summed E-state index contributed by atoms with van der Waals surface area (Å²) in [5, 5.41) is 0. The van der Waals surface area contributed by atoms with E-state index < -0.39 is 0 Å². The number of anilines is 1. The van der Waals surface area contributed by atoms with E-state index in [1.807, 2.05) is 6.07 Å². The highest BCUT2D eigenvalue weighted by Gasteiger charge is 2.26. The van der Waals surface area contributed by atoms with Crippen molar-refractivity contribution in [3.63, 3.8) is 0 Å². The van der Waals surface area contributed by atoms with Gasteiger partial charge in [0.05, 0.1) is 23.6 Å². The highest BCUT2D eigenvalue weighted by Crippen LogP contribution is 2.32. The molecule has 0 saturated carbocycles. The van der Waals surface area contributed by atoms with E-state index in [9.17, 15) is 0 Å². The Hall–Kier alpha value is -1.62. The van der Waals surface area contributed by atoms with Crippen molar-refractivity contribution >= 4 is 16.9 Å². The summed E-state index contributed by atoms with van der Waals surface area (Å²) in [6.45, 7) is 1.12. The number of fused-ring (bicyclic) bond motifs is 1. The maximum atomic E-state index is 5.82. The number of H-pyrrole nitrogens is 1. The summed E-state index contributed by atoms with van der Waals surface area (Å²) < 4.78 is 0. The van der Waals surface area contributed by atoms with Crippen molar-refractivity contribution in [1.29, 1.82) is 0 Å². The first-order valence-corrected chi connectivity index (χ1v) is 5.55. The number of hydrogen-bond acceptors (Lipinski definition) is 4. The van der Waals surface area contributed by atoms with Gasteiger partial charge in [0.25, 0.3) is 0 Å². The third-order valence-electron chi connectivity index (χ3n) is 3.29. The quantitative estimate of drug-likeness (QED) is 0.755. The number of hydrogen-bond donors (Lipinski definition) is 2.